The number of aliphatic hydroxyl groups is 2. The number of H-pyrrole nitrogens is 1. The zero-order valence-electron chi connectivity index (χ0n) is 14.0. The summed E-state index contributed by atoms with van der Waals surface area (Å²) in [7, 11) is 0. The quantitative estimate of drug-likeness (QED) is 0.727. The van der Waals surface area contributed by atoms with E-state index < -0.39 is 12.2 Å². The highest BCUT2D eigenvalue weighted by molar-refractivity contribution is 5.70. The average Bonchev–Trinajstić information content (AvgIpc) is 3.13. The summed E-state index contributed by atoms with van der Waals surface area (Å²) < 4.78 is 2.78. The van der Waals surface area contributed by atoms with Crippen LogP contribution < -0.4 is 11.2 Å². The summed E-state index contributed by atoms with van der Waals surface area (Å²) in [5.74, 6) is 0.405. The zero-order chi connectivity index (χ0) is 17.4. The van der Waals surface area contributed by atoms with Gasteiger partial charge < -0.3 is 15.2 Å². The highest BCUT2D eigenvalue weighted by Crippen LogP contribution is 2.33. The van der Waals surface area contributed by atoms with Crippen molar-refractivity contribution in [3.05, 3.63) is 26.7 Å². The number of aliphatic hydroxyl groups excluding tert-OH is 2. The van der Waals surface area contributed by atoms with Gasteiger partial charge in [0.05, 0.1) is 12.2 Å². The lowest BCUT2D eigenvalue weighted by molar-refractivity contribution is 0.0438. The standard InChI is InChI=1S/C16H24N4O4/c1-3-5-19-14-12(15(23)20(6-4-2)16(19)24)17-13(18-14)9-7-10(21)11(22)8-9/h9-11,21-22H,3-8H2,1-2H3,(H,17,18)/t9?,10-,11+. The first kappa shape index (κ1) is 16.9. The number of aromatic amines is 1. The van der Waals surface area contributed by atoms with Crippen molar-refractivity contribution < 1.29 is 10.2 Å². The van der Waals surface area contributed by atoms with Crippen LogP contribution in [0.4, 0.5) is 0 Å². The Balaban J connectivity index is 2.17. The van der Waals surface area contributed by atoms with Gasteiger partial charge in [-0.3, -0.25) is 13.9 Å². The van der Waals surface area contributed by atoms with E-state index in [1.807, 2.05) is 13.8 Å². The molecule has 0 bridgehead atoms. The number of nitrogens with zero attached hydrogens (tertiary/aromatic N) is 3. The Labute approximate surface area is 138 Å². The summed E-state index contributed by atoms with van der Waals surface area (Å²) in [6, 6.07) is 0. The first-order valence-corrected chi connectivity index (χ1v) is 8.57. The Morgan fingerprint density at radius 1 is 1.08 bits per heavy atom. The first-order valence-electron chi connectivity index (χ1n) is 8.57. The van der Waals surface area contributed by atoms with Crippen LogP contribution in [0.1, 0.15) is 51.3 Å². The average molecular weight is 336 g/mol. The second-order valence-electron chi connectivity index (χ2n) is 6.51. The van der Waals surface area contributed by atoms with Crippen LogP contribution >= 0.6 is 0 Å². The summed E-state index contributed by atoms with van der Waals surface area (Å²) in [6.45, 7) is 4.73. The van der Waals surface area contributed by atoms with Gasteiger partial charge in [0.15, 0.2) is 5.65 Å². The molecule has 2 aromatic heterocycles. The number of aromatic nitrogens is 4. The minimum Gasteiger partial charge on any atom is -0.390 e. The number of hydrogen-bond acceptors (Lipinski definition) is 5. The van der Waals surface area contributed by atoms with Gasteiger partial charge in [-0.1, -0.05) is 13.8 Å². The topological polar surface area (TPSA) is 113 Å². The Morgan fingerprint density at radius 2 is 1.67 bits per heavy atom. The summed E-state index contributed by atoms with van der Waals surface area (Å²) in [5, 5.41) is 19.5. The maximum atomic E-state index is 12.6. The van der Waals surface area contributed by atoms with E-state index in [2.05, 4.69) is 9.97 Å². The molecule has 1 fully saturated rings. The molecular formula is C16H24N4O4. The van der Waals surface area contributed by atoms with Crippen molar-refractivity contribution in [3.8, 4) is 0 Å². The largest absolute Gasteiger partial charge is 0.390 e. The molecule has 0 aromatic carbocycles. The molecule has 8 heteroatoms. The molecule has 2 aromatic rings. The fraction of sp³-hybridized carbons (Fsp3) is 0.688. The van der Waals surface area contributed by atoms with Crippen LogP contribution in [0, 0.1) is 0 Å². The molecule has 8 nitrogen and oxygen atoms in total. The van der Waals surface area contributed by atoms with E-state index in [9.17, 15) is 19.8 Å². The highest BCUT2D eigenvalue weighted by Gasteiger charge is 2.34. The molecule has 132 valence electrons. The fourth-order valence-corrected chi connectivity index (χ4v) is 3.44. The van der Waals surface area contributed by atoms with Gasteiger partial charge in [0.1, 0.15) is 11.3 Å². The second-order valence-corrected chi connectivity index (χ2v) is 6.51. The molecular weight excluding hydrogens is 312 g/mol. The van der Waals surface area contributed by atoms with Crippen molar-refractivity contribution >= 4 is 11.2 Å². The predicted molar refractivity (Wildman–Crippen MR) is 89.2 cm³/mol. The summed E-state index contributed by atoms with van der Waals surface area (Å²) >= 11 is 0. The van der Waals surface area contributed by atoms with E-state index in [4.69, 9.17) is 0 Å². The van der Waals surface area contributed by atoms with Crippen molar-refractivity contribution in [2.75, 3.05) is 0 Å². The van der Waals surface area contributed by atoms with Gasteiger partial charge in [-0.25, -0.2) is 9.78 Å². The third-order valence-electron chi connectivity index (χ3n) is 4.66. The number of hydrogen-bond donors (Lipinski definition) is 3. The van der Waals surface area contributed by atoms with E-state index in [-0.39, 0.29) is 17.2 Å². The number of fused-ring (bicyclic) bond motifs is 1. The van der Waals surface area contributed by atoms with Crippen LogP contribution in [0.15, 0.2) is 9.59 Å². The van der Waals surface area contributed by atoms with Crippen LogP contribution in [0.25, 0.3) is 11.2 Å². The van der Waals surface area contributed by atoms with Crippen molar-refractivity contribution in [2.45, 2.75) is 70.7 Å². The SMILES string of the molecule is CCCn1c(=O)c2[nH]c(C3C[C@@H](O)[C@@H](O)C3)nc2n(CCC)c1=O. The van der Waals surface area contributed by atoms with Crippen molar-refractivity contribution in [3.63, 3.8) is 0 Å². The molecule has 1 unspecified atom stereocenters. The Bertz CT molecular complexity index is 840. The van der Waals surface area contributed by atoms with Crippen LogP contribution in [0.5, 0.6) is 0 Å². The molecule has 0 saturated heterocycles. The third kappa shape index (κ3) is 2.69. The summed E-state index contributed by atoms with van der Waals surface area (Å²) in [6.07, 6.45) is 0.664. The molecule has 3 rings (SSSR count). The molecule has 1 saturated carbocycles. The smallest absolute Gasteiger partial charge is 0.332 e. The van der Waals surface area contributed by atoms with Gasteiger partial charge in [-0.2, -0.15) is 0 Å². The number of imidazole rings is 1. The lowest BCUT2D eigenvalue weighted by Crippen LogP contribution is -2.40. The van der Waals surface area contributed by atoms with Gasteiger partial charge in [-0.05, 0) is 25.7 Å². The molecule has 0 aliphatic heterocycles. The van der Waals surface area contributed by atoms with Crippen LogP contribution in [-0.2, 0) is 13.1 Å². The van der Waals surface area contributed by atoms with Gasteiger partial charge in [0.25, 0.3) is 5.56 Å². The highest BCUT2D eigenvalue weighted by atomic mass is 16.3. The monoisotopic (exact) mass is 336 g/mol. The van der Waals surface area contributed by atoms with E-state index in [0.717, 1.165) is 6.42 Å². The summed E-state index contributed by atoms with van der Waals surface area (Å²) in [5.41, 5.74) is -0.00440. The molecule has 2 heterocycles. The zero-order valence-corrected chi connectivity index (χ0v) is 14.0. The van der Waals surface area contributed by atoms with Crippen molar-refractivity contribution in [1.82, 2.24) is 19.1 Å². The number of aryl methyl sites for hydroxylation is 1. The maximum absolute atomic E-state index is 12.6. The van der Waals surface area contributed by atoms with Crippen LogP contribution in [-0.4, -0.2) is 41.5 Å². The third-order valence-corrected chi connectivity index (χ3v) is 4.66. The molecule has 24 heavy (non-hydrogen) atoms. The molecule has 0 amide bonds. The first-order chi connectivity index (χ1) is 11.5. The van der Waals surface area contributed by atoms with Gasteiger partial charge >= 0.3 is 5.69 Å². The Kier molecular flexibility index (Phi) is 4.60. The maximum Gasteiger partial charge on any atom is 0.332 e. The van der Waals surface area contributed by atoms with E-state index >= 15 is 0 Å². The lowest BCUT2D eigenvalue weighted by atomic mass is 10.1. The van der Waals surface area contributed by atoms with Gasteiger partial charge in [0, 0.05) is 19.0 Å². The van der Waals surface area contributed by atoms with Crippen molar-refractivity contribution in [1.29, 1.82) is 0 Å². The van der Waals surface area contributed by atoms with E-state index in [0.29, 0.717) is 49.3 Å². The Hall–Kier alpha value is -1.93. The molecule has 3 N–H and O–H groups in total. The predicted octanol–water partition coefficient (Wildman–Crippen LogP) is 0.305. The number of nitrogens with one attached hydrogen (secondary N) is 1. The fourth-order valence-electron chi connectivity index (χ4n) is 3.44. The second kappa shape index (κ2) is 6.52. The van der Waals surface area contributed by atoms with Crippen LogP contribution in [0.2, 0.25) is 0 Å². The van der Waals surface area contributed by atoms with Gasteiger partial charge in [-0.15, -0.1) is 0 Å². The molecule has 1 aliphatic rings. The van der Waals surface area contributed by atoms with E-state index in [1.54, 1.807) is 0 Å². The molecule has 0 spiro atoms. The van der Waals surface area contributed by atoms with Gasteiger partial charge in [0.2, 0.25) is 0 Å². The van der Waals surface area contributed by atoms with Crippen LogP contribution in [0.3, 0.4) is 0 Å². The molecule has 3 atom stereocenters. The molecule has 1 aliphatic carbocycles. The summed E-state index contributed by atoms with van der Waals surface area (Å²) in [4.78, 5) is 32.8. The lowest BCUT2D eigenvalue weighted by Gasteiger charge is -2.09. The van der Waals surface area contributed by atoms with Crippen molar-refractivity contribution in [2.24, 2.45) is 0 Å². The van der Waals surface area contributed by atoms with E-state index in [1.165, 1.54) is 9.13 Å². The Morgan fingerprint density at radius 3 is 2.25 bits per heavy atom. The number of rotatable bonds is 5. The normalized spacial score (nSPS) is 24.1. The minimum atomic E-state index is -0.780. The molecule has 0 radical (unpaired) electrons. The minimum absolute atomic E-state index is 0.147.